The van der Waals surface area contributed by atoms with E-state index < -0.39 is 0 Å². The zero-order valence-corrected chi connectivity index (χ0v) is 9.93. The second kappa shape index (κ2) is 5.34. The van der Waals surface area contributed by atoms with Crippen LogP contribution in [0.15, 0.2) is 28.9 Å². The first-order valence-corrected chi connectivity index (χ1v) is 5.53. The highest BCUT2D eigenvalue weighted by Gasteiger charge is 2.05. The number of nitrogens with one attached hydrogen (secondary N) is 1. The Morgan fingerprint density at radius 3 is 3.06 bits per heavy atom. The van der Waals surface area contributed by atoms with Gasteiger partial charge in [0.15, 0.2) is 17.3 Å². The maximum atomic E-state index is 5.46. The number of nitrogens with zero attached hydrogens (tertiary/aromatic N) is 2. The van der Waals surface area contributed by atoms with E-state index >= 15 is 0 Å². The second-order valence-corrected chi connectivity index (χ2v) is 3.57. The lowest BCUT2D eigenvalue weighted by molar-refractivity contribution is 0.340. The van der Waals surface area contributed by atoms with Crippen molar-refractivity contribution in [3.05, 3.63) is 35.9 Å². The lowest BCUT2D eigenvalue weighted by Gasteiger charge is -2.09. The third kappa shape index (κ3) is 2.96. The minimum Gasteiger partial charge on any atom is -0.490 e. The Labute approximate surface area is 99.8 Å². The number of aryl methyl sites for hydroxylation is 1. The number of aromatic nitrogens is 2. The summed E-state index contributed by atoms with van der Waals surface area (Å²) in [6.07, 6.45) is 1.72. The minimum absolute atomic E-state index is 0.540. The van der Waals surface area contributed by atoms with E-state index in [1.807, 2.05) is 32.0 Å². The number of hydrogen-bond donors (Lipinski definition) is 1. The average Bonchev–Trinajstić information content (AvgIpc) is 2.74. The Bertz CT molecular complexity index is 482. The van der Waals surface area contributed by atoms with Crippen LogP contribution < -0.4 is 10.1 Å². The van der Waals surface area contributed by atoms with Gasteiger partial charge in [0, 0.05) is 12.3 Å². The van der Waals surface area contributed by atoms with Crippen molar-refractivity contribution in [1.82, 2.24) is 10.1 Å². The highest BCUT2D eigenvalue weighted by Crippen LogP contribution is 2.21. The normalized spacial score (nSPS) is 10.2. The summed E-state index contributed by atoms with van der Waals surface area (Å²) in [7, 11) is 0. The predicted molar refractivity (Wildman–Crippen MR) is 64.0 cm³/mol. The Hall–Kier alpha value is -2.04. The van der Waals surface area contributed by atoms with Gasteiger partial charge in [-0.25, -0.2) is 4.98 Å². The lowest BCUT2D eigenvalue weighted by Crippen LogP contribution is -2.03. The van der Waals surface area contributed by atoms with Gasteiger partial charge in [0.1, 0.15) is 0 Å². The number of pyridine rings is 1. The van der Waals surface area contributed by atoms with Crippen LogP contribution in [0, 0.1) is 6.92 Å². The van der Waals surface area contributed by atoms with E-state index in [0.29, 0.717) is 19.0 Å². The van der Waals surface area contributed by atoms with Crippen molar-refractivity contribution < 1.29 is 9.26 Å². The van der Waals surface area contributed by atoms with Gasteiger partial charge in [0.25, 0.3) is 0 Å². The molecule has 0 radical (unpaired) electrons. The molecule has 0 saturated heterocycles. The van der Waals surface area contributed by atoms with E-state index in [-0.39, 0.29) is 0 Å². The van der Waals surface area contributed by atoms with E-state index in [1.165, 1.54) is 0 Å². The second-order valence-electron chi connectivity index (χ2n) is 3.57. The summed E-state index contributed by atoms with van der Waals surface area (Å²) in [4.78, 5) is 4.22. The Morgan fingerprint density at radius 2 is 2.35 bits per heavy atom. The van der Waals surface area contributed by atoms with Gasteiger partial charge < -0.3 is 14.6 Å². The zero-order valence-electron chi connectivity index (χ0n) is 9.93. The van der Waals surface area contributed by atoms with Gasteiger partial charge in [-0.05, 0) is 26.0 Å². The highest BCUT2D eigenvalue weighted by atomic mass is 16.5. The summed E-state index contributed by atoms with van der Waals surface area (Å²) in [5, 5.41) is 6.98. The fourth-order valence-corrected chi connectivity index (χ4v) is 1.47. The van der Waals surface area contributed by atoms with Crippen molar-refractivity contribution in [3.63, 3.8) is 0 Å². The van der Waals surface area contributed by atoms with Crippen LogP contribution in [0.1, 0.15) is 18.4 Å². The molecular weight excluding hydrogens is 218 g/mol. The largest absolute Gasteiger partial charge is 0.490 e. The molecule has 2 heterocycles. The van der Waals surface area contributed by atoms with E-state index in [1.54, 1.807) is 6.20 Å². The molecule has 0 aliphatic heterocycles. The number of ether oxygens (including phenoxy) is 1. The third-order valence-electron chi connectivity index (χ3n) is 2.18. The topological polar surface area (TPSA) is 60.2 Å². The molecule has 2 aromatic heterocycles. The Balaban J connectivity index is 2.03. The van der Waals surface area contributed by atoms with Crippen LogP contribution in [-0.2, 0) is 6.54 Å². The summed E-state index contributed by atoms with van der Waals surface area (Å²) >= 11 is 0. The molecule has 0 fully saturated rings. The Kier molecular flexibility index (Phi) is 3.59. The van der Waals surface area contributed by atoms with Gasteiger partial charge in [0.2, 0.25) is 0 Å². The summed E-state index contributed by atoms with van der Waals surface area (Å²) in [5.74, 6) is 2.23. The zero-order chi connectivity index (χ0) is 12.1. The first-order valence-electron chi connectivity index (χ1n) is 5.53. The molecule has 90 valence electrons. The SMILES string of the molecule is CCOc1cccnc1NCc1cc(C)no1. The van der Waals surface area contributed by atoms with Crippen LogP contribution in [0.5, 0.6) is 5.75 Å². The fourth-order valence-electron chi connectivity index (χ4n) is 1.47. The molecule has 0 saturated carbocycles. The summed E-state index contributed by atoms with van der Waals surface area (Å²) in [6, 6.07) is 5.61. The predicted octanol–water partition coefficient (Wildman–Crippen LogP) is 2.39. The van der Waals surface area contributed by atoms with E-state index in [0.717, 1.165) is 17.2 Å². The number of rotatable bonds is 5. The molecule has 0 aliphatic carbocycles. The van der Waals surface area contributed by atoms with E-state index in [4.69, 9.17) is 9.26 Å². The van der Waals surface area contributed by atoms with Crippen molar-refractivity contribution >= 4 is 5.82 Å². The van der Waals surface area contributed by atoms with E-state index in [9.17, 15) is 0 Å². The lowest BCUT2D eigenvalue weighted by atomic mass is 10.3. The molecule has 0 bridgehead atoms. The van der Waals surface area contributed by atoms with Crippen LogP contribution in [0.3, 0.4) is 0 Å². The van der Waals surface area contributed by atoms with Gasteiger partial charge in [-0.1, -0.05) is 5.16 Å². The maximum absolute atomic E-state index is 5.46. The molecule has 5 heteroatoms. The number of hydrogen-bond acceptors (Lipinski definition) is 5. The van der Waals surface area contributed by atoms with Crippen LogP contribution in [0.4, 0.5) is 5.82 Å². The monoisotopic (exact) mass is 233 g/mol. The van der Waals surface area contributed by atoms with Gasteiger partial charge in [-0.2, -0.15) is 0 Å². The molecule has 0 unspecified atom stereocenters. The van der Waals surface area contributed by atoms with Crippen LogP contribution in [-0.4, -0.2) is 16.7 Å². The van der Waals surface area contributed by atoms with Crippen LogP contribution >= 0.6 is 0 Å². The molecule has 0 aromatic carbocycles. The molecule has 5 nitrogen and oxygen atoms in total. The standard InChI is InChI=1S/C12H15N3O2/c1-3-16-11-5-4-6-13-12(11)14-8-10-7-9(2)15-17-10/h4-7H,3,8H2,1-2H3,(H,13,14). The fraction of sp³-hybridized carbons (Fsp3) is 0.333. The van der Waals surface area contributed by atoms with Gasteiger partial charge in [0.05, 0.1) is 18.8 Å². The van der Waals surface area contributed by atoms with Gasteiger partial charge in [-0.3, -0.25) is 0 Å². The van der Waals surface area contributed by atoms with Gasteiger partial charge in [-0.15, -0.1) is 0 Å². The summed E-state index contributed by atoms with van der Waals surface area (Å²) in [6.45, 7) is 4.98. The molecule has 1 N–H and O–H groups in total. The molecular formula is C12H15N3O2. The first kappa shape index (κ1) is 11.4. The van der Waals surface area contributed by atoms with Crippen molar-refractivity contribution in [2.75, 3.05) is 11.9 Å². The minimum atomic E-state index is 0.540. The van der Waals surface area contributed by atoms with Crippen LogP contribution in [0.2, 0.25) is 0 Å². The van der Waals surface area contributed by atoms with Gasteiger partial charge >= 0.3 is 0 Å². The molecule has 0 spiro atoms. The molecule has 0 aliphatic rings. The van der Waals surface area contributed by atoms with Crippen LogP contribution in [0.25, 0.3) is 0 Å². The molecule has 2 rings (SSSR count). The van der Waals surface area contributed by atoms with Crippen molar-refractivity contribution in [2.45, 2.75) is 20.4 Å². The maximum Gasteiger partial charge on any atom is 0.169 e. The molecule has 17 heavy (non-hydrogen) atoms. The van der Waals surface area contributed by atoms with E-state index in [2.05, 4.69) is 15.5 Å². The highest BCUT2D eigenvalue weighted by molar-refractivity contribution is 5.49. The first-order chi connectivity index (χ1) is 8.29. The molecule has 0 amide bonds. The molecule has 0 atom stereocenters. The van der Waals surface area contributed by atoms with Crippen molar-refractivity contribution in [1.29, 1.82) is 0 Å². The van der Waals surface area contributed by atoms with Crippen molar-refractivity contribution in [3.8, 4) is 5.75 Å². The summed E-state index contributed by atoms with van der Waals surface area (Å²) in [5.41, 5.74) is 0.868. The molecule has 2 aromatic rings. The number of anilines is 1. The third-order valence-corrected chi connectivity index (χ3v) is 2.18. The average molecular weight is 233 g/mol. The smallest absolute Gasteiger partial charge is 0.169 e. The van der Waals surface area contributed by atoms with Crippen molar-refractivity contribution in [2.24, 2.45) is 0 Å². The summed E-state index contributed by atoms with van der Waals surface area (Å²) < 4.78 is 10.6. The Morgan fingerprint density at radius 1 is 1.47 bits per heavy atom. The quantitative estimate of drug-likeness (QED) is 0.859.